The lowest BCUT2D eigenvalue weighted by Crippen LogP contribution is -2.37. The maximum Gasteiger partial charge on any atom is 0.508 e. The highest BCUT2D eigenvalue weighted by Gasteiger charge is 2.07. The predicted molar refractivity (Wildman–Crippen MR) is 321 cm³/mol. The van der Waals surface area contributed by atoms with Crippen LogP contribution < -0.4 is 47.9 Å². The minimum atomic E-state index is -0.536. The molecule has 6 fully saturated rings. The second-order valence-electron chi connectivity index (χ2n) is 13.3. The van der Waals surface area contributed by atoms with Crippen molar-refractivity contribution < 1.29 is 23.7 Å². The maximum absolute atomic E-state index is 10.0. The Morgan fingerprint density at radius 1 is 0.311 bits per heavy atom. The summed E-state index contributed by atoms with van der Waals surface area (Å²) in [6.07, 6.45) is 19.6. The topological polar surface area (TPSA) is 214 Å². The normalized spacial score (nSPS) is 16.5. The lowest BCUT2D eigenvalue weighted by atomic mass is 10.2. The van der Waals surface area contributed by atoms with E-state index in [4.69, 9.17) is 9.47 Å². The Kier molecular flexibility index (Phi) is 126. The highest BCUT2D eigenvalue weighted by molar-refractivity contribution is 5.60. The molecule has 0 saturated carbocycles. The van der Waals surface area contributed by atoms with Gasteiger partial charge in [0.1, 0.15) is 25.8 Å². The van der Waals surface area contributed by atoms with Crippen LogP contribution in [-0.2, 0) is 18.9 Å². The van der Waals surface area contributed by atoms with Crippen LogP contribution in [0.5, 0.6) is 0 Å². The SMILES string of the molecule is C1CCNCC1.C1CNCCCNCCNCCCNC1.C1CNCNC1.C1CNCNC1.C1COCOC1.CC.CC.CC.CC.CC.CC.CC.CC.O=C1OCCCO1.c1ccncc1.c1ncncn1. The van der Waals surface area contributed by atoms with Crippen LogP contribution in [0, 0.1) is 0 Å². The van der Waals surface area contributed by atoms with Gasteiger partial charge in [-0.2, -0.15) is 0 Å². The summed E-state index contributed by atoms with van der Waals surface area (Å²) in [5.74, 6) is 0. The van der Waals surface area contributed by atoms with Gasteiger partial charge in [-0.25, -0.2) is 19.7 Å². The first-order chi connectivity index (χ1) is 36.9. The first kappa shape index (κ1) is 87.6. The van der Waals surface area contributed by atoms with Gasteiger partial charge in [0.15, 0.2) is 0 Å². The number of nitrogens with one attached hydrogen (secondary N) is 9. The molecule has 0 aliphatic carbocycles. The lowest BCUT2D eigenvalue weighted by Gasteiger charge is -2.11. The van der Waals surface area contributed by atoms with Gasteiger partial charge in [0.25, 0.3) is 0 Å². The van der Waals surface area contributed by atoms with Crippen LogP contribution in [0.15, 0.2) is 49.6 Å². The largest absolute Gasteiger partial charge is 0.508 e. The predicted octanol–water partition coefficient (Wildman–Crippen LogP) is 9.43. The average molecular weight is 1060 g/mol. The van der Waals surface area contributed by atoms with Crippen molar-refractivity contribution in [1.29, 1.82) is 0 Å². The molecule has 18 nitrogen and oxygen atoms in total. The molecule has 8 rings (SSSR count). The summed E-state index contributed by atoms with van der Waals surface area (Å²) >= 11 is 0. The molecule has 8 heterocycles. The first-order valence-corrected chi connectivity index (χ1v) is 29.6. The fraction of sp³-hybridized carbons (Fsp3) is 0.839. The van der Waals surface area contributed by atoms with Gasteiger partial charge in [-0.15, -0.1) is 0 Å². The van der Waals surface area contributed by atoms with Gasteiger partial charge in [-0.05, 0) is 142 Å². The number of pyridine rings is 1. The molecule has 0 unspecified atom stereocenters. The molecule has 0 bridgehead atoms. The molecule has 0 aromatic carbocycles. The Bertz CT molecular complexity index is 791. The second-order valence-corrected chi connectivity index (χ2v) is 13.3. The molecular weight excluding hydrogens is 935 g/mol. The highest BCUT2D eigenvalue weighted by Crippen LogP contribution is 1.97. The van der Waals surface area contributed by atoms with E-state index < -0.39 is 6.16 Å². The van der Waals surface area contributed by atoms with E-state index in [1.165, 1.54) is 110 Å². The smallest absolute Gasteiger partial charge is 0.434 e. The number of ether oxygens (including phenoxy) is 4. The molecule has 0 radical (unpaired) electrons. The summed E-state index contributed by atoms with van der Waals surface area (Å²) in [5.41, 5.74) is 0. The summed E-state index contributed by atoms with van der Waals surface area (Å²) in [5, 5.41) is 29.8. The molecule has 446 valence electrons. The zero-order chi connectivity index (χ0) is 57.2. The summed E-state index contributed by atoms with van der Waals surface area (Å²) < 4.78 is 18.5. The number of aromatic nitrogens is 4. The molecule has 9 N–H and O–H groups in total. The van der Waals surface area contributed by atoms with Crippen LogP contribution in [0.1, 0.15) is 175 Å². The molecule has 6 aliphatic heterocycles. The highest BCUT2D eigenvalue weighted by atomic mass is 16.7. The Labute approximate surface area is 459 Å². The third-order valence-corrected chi connectivity index (χ3v) is 8.16. The first-order valence-electron chi connectivity index (χ1n) is 29.6. The molecule has 74 heavy (non-hydrogen) atoms. The van der Waals surface area contributed by atoms with Crippen molar-refractivity contribution in [2.45, 2.75) is 175 Å². The third-order valence-electron chi connectivity index (χ3n) is 8.16. The van der Waals surface area contributed by atoms with Crippen LogP contribution in [0.4, 0.5) is 4.79 Å². The fourth-order valence-electron chi connectivity index (χ4n) is 5.07. The second kappa shape index (κ2) is 106. The molecule has 2 aromatic heterocycles. The monoisotopic (exact) mass is 1060 g/mol. The van der Waals surface area contributed by atoms with E-state index in [2.05, 4.69) is 77.3 Å². The van der Waals surface area contributed by atoms with Crippen LogP contribution in [0.3, 0.4) is 0 Å². The maximum atomic E-state index is 10.0. The fourth-order valence-corrected chi connectivity index (χ4v) is 5.07. The molecule has 0 amide bonds. The minimum Gasteiger partial charge on any atom is -0.434 e. The quantitative estimate of drug-likeness (QED) is 0.112. The molecule has 2 aromatic rings. The lowest BCUT2D eigenvalue weighted by molar-refractivity contribution is -0.0963. The van der Waals surface area contributed by atoms with E-state index in [9.17, 15) is 4.79 Å². The summed E-state index contributed by atoms with van der Waals surface area (Å²) in [6.45, 7) is 53.5. The Balaban J connectivity index is -0.000000110. The van der Waals surface area contributed by atoms with Crippen molar-refractivity contribution in [2.24, 2.45) is 0 Å². The Morgan fingerprint density at radius 3 is 0.743 bits per heavy atom. The van der Waals surface area contributed by atoms with Gasteiger partial charge in [-0.3, -0.25) is 4.98 Å². The van der Waals surface area contributed by atoms with Gasteiger partial charge in [0, 0.05) is 45.2 Å². The molecule has 6 saturated heterocycles. The van der Waals surface area contributed by atoms with E-state index in [1.807, 2.05) is 129 Å². The summed E-state index contributed by atoms with van der Waals surface area (Å²) in [7, 11) is 0. The molecule has 6 aliphatic rings. The Morgan fingerprint density at radius 2 is 0.595 bits per heavy atom. The van der Waals surface area contributed by atoms with Gasteiger partial charge in [0.2, 0.25) is 0 Å². The van der Waals surface area contributed by atoms with E-state index >= 15 is 0 Å². The number of rotatable bonds is 0. The van der Waals surface area contributed by atoms with E-state index in [0.717, 1.165) is 91.8 Å². The van der Waals surface area contributed by atoms with E-state index in [1.54, 1.807) is 12.4 Å². The van der Waals surface area contributed by atoms with E-state index in [0.29, 0.717) is 20.0 Å². The number of carbonyl (C=O) groups is 1. The van der Waals surface area contributed by atoms with Crippen molar-refractivity contribution >= 4 is 6.16 Å². The van der Waals surface area contributed by atoms with Crippen molar-refractivity contribution in [3.63, 3.8) is 0 Å². The van der Waals surface area contributed by atoms with Crippen molar-refractivity contribution in [1.82, 2.24) is 67.8 Å². The number of nitrogens with zero attached hydrogens (tertiary/aromatic N) is 4. The zero-order valence-electron chi connectivity index (χ0n) is 51.4. The third kappa shape index (κ3) is 102. The van der Waals surface area contributed by atoms with Crippen LogP contribution in [0.2, 0.25) is 0 Å². The number of hydrogen-bond acceptors (Lipinski definition) is 18. The number of piperidine rings is 1. The van der Waals surface area contributed by atoms with Gasteiger partial charge in [-0.1, -0.05) is 123 Å². The minimum absolute atomic E-state index is 0.500. The average Bonchev–Trinajstić information content (AvgIpc) is 3.56. The van der Waals surface area contributed by atoms with Crippen LogP contribution in [-0.4, -0.2) is 164 Å². The van der Waals surface area contributed by atoms with Gasteiger partial charge >= 0.3 is 6.16 Å². The van der Waals surface area contributed by atoms with E-state index in [-0.39, 0.29) is 0 Å². The van der Waals surface area contributed by atoms with Crippen molar-refractivity contribution in [2.75, 3.05) is 138 Å². The van der Waals surface area contributed by atoms with Gasteiger partial charge < -0.3 is 66.8 Å². The molecule has 18 heteroatoms. The standard InChI is InChI=1S/C11H26N4.C5H11N.C5H5N.2C4H10N2.C4H6O3.C4H8O2.C3H3N3.8C2H6/c1-4-12-6-2-8-14-10-11-15-9-3-7-13-5-1;2*1-2-4-6-5-3-1;2*1-2-5-4-6-3-1;5-4-6-2-1-3-7-4;1-2-5-4-6-3-1;1-4-2-6-3-5-1;8*1-2/h12-15H,1-11H2;6H,1-5H2;1-5H;2*5-6H,1-4H2;1-3H2;1-4H2;1-3H;8*1-2H3. The van der Waals surface area contributed by atoms with Crippen LogP contribution >= 0.6 is 0 Å². The van der Waals surface area contributed by atoms with Gasteiger partial charge in [0.05, 0.1) is 26.4 Å². The molecule has 0 atom stereocenters. The number of cyclic esters (lactones) is 2. The van der Waals surface area contributed by atoms with Crippen LogP contribution in [0.25, 0.3) is 0 Å². The molecule has 0 spiro atoms. The number of hydrogen-bond donors (Lipinski definition) is 9. The van der Waals surface area contributed by atoms with Crippen molar-refractivity contribution in [3.05, 3.63) is 49.6 Å². The van der Waals surface area contributed by atoms with Crippen molar-refractivity contribution in [3.8, 4) is 0 Å². The number of carbonyl (C=O) groups excluding carboxylic acids is 1. The molecular formula is C56H127N13O5. The summed E-state index contributed by atoms with van der Waals surface area (Å²) in [4.78, 5) is 24.5. The summed E-state index contributed by atoms with van der Waals surface area (Å²) in [6, 6.07) is 5.72. The zero-order valence-corrected chi connectivity index (χ0v) is 51.4. The Hall–Kier alpha value is -3.01.